The Morgan fingerprint density at radius 3 is 2.15 bits per heavy atom. The zero-order valence-electron chi connectivity index (χ0n) is 28.6. The molecule has 2 aromatic rings. The van der Waals surface area contributed by atoms with Crippen LogP contribution in [0.2, 0.25) is 0 Å². The quantitative estimate of drug-likeness (QED) is 0.205. The van der Waals surface area contributed by atoms with Crippen LogP contribution >= 0.6 is 0 Å². The molecule has 2 heterocycles. The number of ether oxygens (including phenoxy) is 2. The predicted octanol–water partition coefficient (Wildman–Crippen LogP) is 6.16. The molecule has 4 rings (SSSR count). The second-order valence-corrected chi connectivity index (χ2v) is 15.3. The van der Waals surface area contributed by atoms with Crippen LogP contribution in [-0.4, -0.2) is 93.9 Å². The summed E-state index contributed by atoms with van der Waals surface area (Å²) < 4.78 is 44.6. The number of rotatable bonds is 12. The van der Waals surface area contributed by atoms with E-state index in [-0.39, 0.29) is 4.90 Å². The average Bonchev–Trinajstić information content (AvgIpc) is 2.98. The van der Waals surface area contributed by atoms with Crippen molar-refractivity contribution >= 4 is 27.6 Å². The first-order chi connectivity index (χ1) is 21.7. The molecule has 2 aliphatic heterocycles. The number of nitrogens with zero attached hydrogens (tertiary/aromatic N) is 3. The number of piperidine rings is 1. The fourth-order valence-corrected chi connectivity index (χ4v) is 7.32. The van der Waals surface area contributed by atoms with E-state index in [0.29, 0.717) is 29.5 Å². The Bertz CT molecular complexity index is 1430. The highest BCUT2D eigenvalue weighted by Crippen LogP contribution is 2.37. The minimum Gasteiger partial charge on any atom is -0.494 e. The predicted molar refractivity (Wildman–Crippen MR) is 184 cm³/mol. The maximum atomic E-state index is 12.7. The summed E-state index contributed by atoms with van der Waals surface area (Å²) >= 11 is 0. The van der Waals surface area contributed by atoms with Crippen LogP contribution < -0.4 is 15.0 Å². The van der Waals surface area contributed by atoms with Crippen molar-refractivity contribution in [3.63, 3.8) is 0 Å². The van der Waals surface area contributed by atoms with Crippen molar-refractivity contribution in [2.75, 3.05) is 63.6 Å². The van der Waals surface area contributed by atoms with Crippen LogP contribution in [0.3, 0.4) is 0 Å². The van der Waals surface area contributed by atoms with Crippen molar-refractivity contribution in [2.24, 2.45) is 0 Å². The molecule has 2 aromatic carbocycles. The highest BCUT2D eigenvalue weighted by atomic mass is 32.2. The van der Waals surface area contributed by atoms with E-state index < -0.39 is 21.8 Å². The second kappa shape index (κ2) is 15.8. The normalized spacial score (nSPS) is 17.2. The number of anilines is 2. The molecule has 0 radical (unpaired) electrons. The van der Waals surface area contributed by atoms with Gasteiger partial charge in [0.25, 0.3) is 10.1 Å². The summed E-state index contributed by atoms with van der Waals surface area (Å²) in [5, 5.41) is 2.91. The van der Waals surface area contributed by atoms with E-state index in [9.17, 15) is 17.8 Å². The topological polar surface area (TPSA) is 112 Å². The molecule has 0 atom stereocenters. The highest BCUT2D eigenvalue weighted by Gasteiger charge is 2.28. The van der Waals surface area contributed by atoms with E-state index in [1.807, 2.05) is 39.8 Å². The number of hydrogen-bond acceptors (Lipinski definition) is 8. The van der Waals surface area contributed by atoms with Crippen LogP contribution in [0, 0.1) is 6.92 Å². The van der Waals surface area contributed by atoms with Gasteiger partial charge in [0.05, 0.1) is 17.7 Å². The summed E-state index contributed by atoms with van der Waals surface area (Å²) in [6.45, 7) is 13.9. The van der Waals surface area contributed by atoms with Gasteiger partial charge in [-0.05, 0) is 96.5 Å². The number of unbranched alkanes of at least 4 members (excludes halogenated alkanes) is 3. The molecule has 2 N–H and O–H groups in total. The molecule has 0 spiro atoms. The van der Waals surface area contributed by atoms with Gasteiger partial charge >= 0.3 is 6.09 Å². The number of benzene rings is 2. The van der Waals surface area contributed by atoms with Gasteiger partial charge in [0.2, 0.25) is 0 Å². The van der Waals surface area contributed by atoms with Crippen LogP contribution in [0.5, 0.6) is 5.75 Å². The Labute approximate surface area is 276 Å². The molecular weight excluding hydrogens is 604 g/mol. The second-order valence-electron chi connectivity index (χ2n) is 13.9. The molecule has 0 unspecified atom stereocenters. The molecule has 2 saturated heterocycles. The first kappa shape index (κ1) is 36.0. The van der Waals surface area contributed by atoms with Gasteiger partial charge < -0.3 is 19.3 Å². The fourth-order valence-electron chi connectivity index (χ4n) is 6.59. The van der Waals surface area contributed by atoms with E-state index in [4.69, 9.17) is 9.47 Å². The van der Waals surface area contributed by atoms with Crippen molar-refractivity contribution in [3.05, 3.63) is 47.0 Å². The Hall–Kier alpha value is -2.86. The maximum Gasteiger partial charge on any atom is 0.412 e. The van der Waals surface area contributed by atoms with Crippen LogP contribution in [0.25, 0.3) is 0 Å². The summed E-state index contributed by atoms with van der Waals surface area (Å²) in [5.74, 6) is 0.610. The molecule has 10 nitrogen and oxygen atoms in total. The average molecular weight is 659 g/mol. The Morgan fingerprint density at radius 1 is 0.935 bits per heavy atom. The monoisotopic (exact) mass is 658 g/mol. The summed E-state index contributed by atoms with van der Waals surface area (Å²) in [7, 11) is -0.429. The maximum absolute atomic E-state index is 12.7. The Morgan fingerprint density at radius 2 is 1.57 bits per heavy atom. The van der Waals surface area contributed by atoms with Crippen molar-refractivity contribution in [2.45, 2.75) is 95.6 Å². The van der Waals surface area contributed by atoms with Crippen molar-refractivity contribution in [1.82, 2.24) is 9.80 Å². The number of likely N-dealkylation sites (N-methyl/N-ethyl adjacent to an activating group) is 1. The molecule has 0 aromatic heterocycles. The molecule has 11 heteroatoms. The van der Waals surface area contributed by atoms with Gasteiger partial charge in [0.15, 0.2) is 0 Å². The molecule has 0 saturated carbocycles. The van der Waals surface area contributed by atoms with Crippen LogP contribution in [-0.2, 0) is 27.7 Å². The van der Waals surface area contributed by atoms with Gasteiger partial charge in [-0.2, -0.15) is 8.42 Å². The van der Waals surface area contributed by atoms with Gasteiger partial charge in [0.1, 0.15) is 11.4 Å². The summed E-state index contributed by atoms with van der Waals surface area (Å²) in [4.78, 5) is 20.2. The van der Waals surface area contributed by atoms with Crippen molar-refractivity contribution in [1.29, 1.82) is 0 Å². The SMILES string of the molecule is COc1cc(N2CCC(N3CCN(C)CC3)CC2)c(CCCCCCc2cc(C)ccc2S(=O)(=O)O)cc1NC(=O)OC(C)(C)C. The molecule has 2 fully saturated rings. The number of nitrogens with one attached hydrogen (secondary N) is 1. The van der Waals surface area contributed by atoms with E-state index >= 15 is 0 Å². The lowest BCUT2D eigenvalue weighted by molar-refractivity contribution is 0.0635. The zero-order chi connectivity index (χ0) is 33.5. The van der Waals surface area contributed by atoms with Crippen LogP contribution in [0.15, 0.2) is 35.2 Å². The van der Waals surface area contributed by atoms with E-state index in [1.165, 1.54) is 6.07 Å². The largest absolute Gasteiger partial charge is 0.494 e. The van der Waals surface area contributed by atoms with Gasteiger partial charge in [-0.25, -0.2) is 4.79 Å². The standard InChI is InChI=1S/C35H54N4O6S/c1-26-13-14-33(46(41,42)43)28(23-26)12-10-8-7-9-11-27-24-30(36-34(40)45-35(2,3)4)32(44-6)25-31(27)39-17-15-29(16-18-39)38-21-19-37(5)20-22-38/h13-14,23-25,29H,7-12,15-22H2,1-6H3,(H,36,40)(H,41,42,43). The van der Waals surface area contributed by atoms with Gasteiger partial charge in [-0.1, -0.05) is 30.5 Å². The molecule has 0 bridgehead atoms. The van der Waals surface area contributed by atoms with E-state index in [2.05, 4.69) is 33.1 Å². The van der Waals surface area contributed by atoms with Gasteiger partial charge in [-0.15, -0.1) is 0 Å². The number of methoxy groups -OCH3 is 1. The molecule has 256 valence electrons. The van der Waals surface area contributed by atoms with E-state index in [1.54, 1.807) is 13.2 Å². The zero-order valence-corrected chi connectivity index (χ0v) is 29.4. The van der Waals surface area contributed by atoms with Crippen LogP contribution in [0.1, 0.15) is 76.0 Å². The molecule has 46 heavy (non-hydrogen) atoms. The third kappa shape index (κ3) is 10.3. The molecule has 0 aliphatic carbocycles. The number of carbonyl (C=O) groups excluding carboxylic acids is 1. The number of aryl methyl sites for hydroxylation is 3. The number of piperazine rings is 1. The molecular formula is C35H54N4O6S. The van der Waals surface area contributed by atoms with E-state index in [0.717, 1.165) is 101 Å². The molecule has 1 amide bonds. The lowest BCUT2D eigenvalue weighted by Crippen LogP contribution is -2.52. The fraction of sp³-hybridized carbons (Fsp3) is 0.629. The smallest absolute Gasteiger partial charge is 0.412 e. The van der Waals surface area contributed by atoms with Gasteiger partial charge in [-0.3, -0.25) is 14.8 Å². The third-order valence-corrected chi connectivity index (χ3v) is 9.99. The van der Waals surface area contributed by atoms with Crippen molar-refractivity contribution in [3.8, 4) is 5.75 Å². The number of carbonyl (C=O) groups is 1. The Kier molecular flexibility index (Phi) is 12.4. The lowest BCUT2D eigenvalue weighted by atomic mass is 9.97. The highest BCUT2D eigenvalue weighted by molar-refractivity contribution is 7.85. The molecule has 2 aliphatic rings. The first-order valence-electron chi connectivity index (χ1n) is 16.7. The number of amides is 1. The summed E-state index contributed by atoms with van der Waals surface area (Å²) in [6, 6.07) is 9.75. The minimum absolute atomic E-state index is 0.00221. The first-order valence-corrected chi connectivity index (χ1v) is 18.1. The summed E-state index contributed by atoms with van der Waals surface area (Å²) in [6.07, 6.45) is 6.83. The van der Waals surface area contributed by atoms with Gasteiger partial charge in [0, 0.05) is 57.1 Å². The minimum atomic E-state index is -4.25. The summed E-state index contributed by atoms with van der Waals surface area (Å²) in [5.41, 5.74) is 3.93. The number of hydrogen-bond donors (Lipinski definition) is 2. The Balaban J connectivity index is 1.43. The lowest BCUT2D eigenvalue weighted by Gasteiger charge is -2.43. The van der Waals surface area contributed by atoms with Crippen molar-refractivity contribution < 1.29 is 27.2 Å². The third-order valence-electron chi connectivity index (χ3n) is 9.03. The van der Waals surface area contributed by atoms with Crippen LogP contribution in [0.4, 0.5) is 16.2 Å².